The zero-order valence-corrected chi connectivity index (χ0v) is 14.7. The van der Waals surface area contributed by atoms with E-state index in [0.717, 1.165) is 5.69 Å². The van der Waals surface area contributed by atoms with Crippen LogP contribution in [0.25, 0.3) is 5.69 Å². The van der Waals surface area contributed by atoms with Crippen molar-refractivity contribution in [2.45, 2.75) is 12.1 Å². The third-order valence-corrected chi connectivity index (χ3v) is 4.48. The fourth-order valence-electron chi connectivity index (χ4n) is 2.10. The Bertz CT molecular complexity index is 900. The molecule has 0 atom stereocenters. The summed E-state index contributed by atoms with van der Waals surface area (Å²) in [7, 11) is 0. The van der Waals surface area contributed by atoms with Gasteiger partial charge in [0.05, 0.1) is 11.4 Å². The molecule has 1 N–H and O–H groups in total. The Morgan fingerprint density at radius 3 is 2.76 bits per heavy atom. The molecule has 2 aromatic carbocycles. The molecule has 25 heavy (non-hydrogen) atoms. The number of carbonyl (C=O) groups is 1. The number of nitrogens with one attached hydrogen (secondary N) is 1. The van der Waals surface area contributed by atoms with Gasteiger partial charge >= 0.3 is 0 Å². The second kappa shape index (κ2) is 7.62. The molecule has 0 fully saturated rings. The van der Waals surface area contributed by atoms with E-state index < -0.39 is 0 Å². The summed E-state index contributed by atoms with van der Waals surface area (Å²) in [6.45, 7) is 1.73. The van der Waals surface area contributed by atoms with Gasteiger partial charge in [-0.15, -0.1) is 5.10 Å². The molecule has 0 aliphatic rings. The number of carbonyl (C=O) groups excluding carboxylic acids is 1. The van der Waals surface area contributed by atoms with Crippen LogP contribution < -0.4 is 5.32 Å². The number of anilines is 1. The maximum atomic E-state index is 13.1. The smallest absolute Gasteiger partial charge is 0.234 e. The number of aromatic nitrogens is 4. The van der Waals surface area contributed by atoms with Crippen molar-refractivity contribution in [2.24, 2.45) is 0 Å². The van der Waals surface area contributed by atoms with Crippen LogP contribution in [-0.4, -0.2) is 31.9 Å². The lowest BCUT2D eigenvalue weighted by molar-refractivity contribution is -0.113. The first-order valence-corrected chi connectivity index (χ1v) is 8.62. The lowest BCUT2D eigenvalue weighted by atomic mass is 10.2. The summed E-state index contributed by atoms with van der Waals surface area (Å²) in [5.74, 6) is -0.456. The lowest BCUT2D eigenvalue weighted by Crippen LogP contribution is -2.15. The molecule has 0 saturated heterocycles. The normalized spacial score (nSPS) is 10.7. The van der Waals surface area contributed by atoms with E-state index >= 15 is 0 Å². The van der Waals surface area contributed by atoms with Gasteiger partial charge in [-0.3, -0.25) is 4.79 Å². The highest BCUT2D eigenvalue weighted by atomic mass is 35.5. The maximum Gasteiger partial charge on any atom is 0.234 e. The van der Waals surface area contributed by atoms with Gasteiger partial charge in [0.2, 0.25) is 11.1 Å². The Balaban J connectivity index is 1.65. The third kappa shape index (κ3) is 4.34. The average molecular weight is 378 g/mol. The van der Waals surface area contributed by atoms with Gasteiger partial charge in [0, 0.05) is 10.7 Å². The molecule has 0 spiro atoms. The molecule has 0 unspecified atom stereocenters. The third-order valence-electron chi connectivity index (χ3n) is 3.31. The van der Waals surface area contributed by atoms with Gasteiger partial charge in [-0.05, 0) is 65.4 Å². The van der Waals surface area contributed by atoms with Crippen molar-refractivity contribution in [3.05, 3.63) is 58.9 Å². The molecule has 1 heterocycles. The SMILES string of the molecule is Cc1cc(F)ccc1NC(=O)CSc1nnnn1-c1ccc(Cl)cc1. The first-order chi connectivity index (χ1) is 12.0. The predicted molar refractivity (Wildman–Crippen MR) is 94.7 cm³/mol. The highest BCUT2D eigenvalue weighted by Gasteiger charge is 2.12. The van der Waals surface area contributed by atoms with Gasteiger partial charge in [0.1, 0.15) is 5.82 Å². The number of hydrogen-bond acceptors (Lipinski definition) is 5. The van der Waals surface area contributed by atoms with E-state index in [0.29, 0.717) is 21.4 Å². The van der Waals surface area contributed by atoms with Crippen LogP contribution in [-0.2, 0) is 4.79 Å². The number of hydrogen-bond donors (Lipinski definition) is 1. The predicted octanol–water partition coefficient (Wildman–Crippen LogP) is 3.49. The van der Waals surface area contributed by atoms with Crippen molar-refractivity contribution in [3.63, 3.8) is 0 Å². The summed E-state index contributed by atoms with van der Waals surface area (Å²) >= 11 is 7.07. The molecule has 128 valence electrons. The van der Waals surface area contributed by atoms with Crippen molar-refractivity contribution >= 4 is 35.0 Å². The van der Waals surface area contributed by atoms with Crippen molar-refractivity contribution in [1.82, 2.24) is 20.2 Å². The van der Waals surface area contributed by atoms with Crippen LogP contribution in [0.5, 0.6) is 0 Å². The van der Waals surface area contributed by atoms with E-state index in [-0.39, 0.29) is 17.5 Å². The molecule has 9 heteroatoms. The van der Waals surface area contributed by atoms with Gasteiger partial charge < -0.3 is 5.32 Å². The number of tetrazole rings is 1. The van der Waals surface area contributed by atoms with E-state index in [2.05, 4.69) is 20.8 Å². The molecule has 0 aliphatic heterocycles. The fourth-order valence-corrected chi connectivity index (χ4v) is 2.91. The maximum absolute atomic E-state index is 13.1. The Kier molecular flexibility index (Phi) is 5.30. The molecular weight excluding hydrogens is 365 g/mol. The first kappa shape index (κ1) is 17.4. The lowest BCUT2D eigenvalue weighted by Gasteiger charge is -2.08. The number of benzene rings is 2. The average Bonchev–Trinajstić information content (AvgIpc) is 3.05. The number of nitrogens with zero attached hydrogens (tertiary/aromatic N) is 4. The standard InChI is InChI=1S/C16H13ClFN5OS/c1-10-8-12(18)4-7-14(10)19-15(24)9-25-16-20-21-22-23(16)13-5-2-11(17)3-6-13/h2-8H,9H2,1H3,(H,19,24). The molecule has 1 amide bonds. The van der Waals surface area contributed by atoms with Crippen molar-refractivity contribution in [3.8, 4) is 5.69 Å². The molecule has 3 aromatic rings. The van der Waals surface area contributed by atoms with Crippen LogP contribution >= 0.6 is 23.4 Å². The molecular formula is C16H13ClFN5OS. The first-order valence-electron chi connectivity index (χ1n) is 7.26. The topological polar surface area (TPSA) is 72.7 Å². The molecule has 0 bridgehead atoms. The zero-order valence-electron chi connectivity index (χ0n) is 13.1. The molecule has 3 rings (SSSR count). The number of halogens is 2. The van der Waals surface area contributed by atoms with Crippen LogP contribution in [0.15, 0.2) is 47.6 Å². The van der Waals surface area contributed by atoms with Crippen molar-refractivity contribution in [2.75, 3.05) is 11.1 Å². The molecule has 6 nitrogen and oxygen atoms in total. The minimum absolute atomic E-state index is 0.116. The largest absolute Gasteiger partial charge is 0.325 e. The molecule has 0 aliphatic carbocycles. The monoisotopic (exact) mass is 377 g/mol. The van der Waals surface area contributed by atoms with Gasteiger partial charge in [0.25, 0.3) is 0 Å². The Labute approximate surface area is 152 Å². The van der Waals surface area contributed by atoms with Crippen LogP contribution in [0.3, 0.4) is 0 Å². The van der Waals surface area contributed by atoms with Crippen LogP contribution in [0.4, 0.5) is 10.1 Å². The highest BCUT2D eigenvalue weighted by molar-refractivity contribution is 7.99. The summed E-state index contributed by atoms with van der Waals surface area (Å²) in [4.78, 5) is 12.1. The summed E-state index contributed by atoms with van der Waals surface area (Å²) in [5.41, 5.74) is 1.97. The zero-order chi connectivity index (χ0) is 17.8. The van der Waals surface area contributed by atoms with E-state index in [1.807, 2.05) is 0 Å². The second-order valence-electron chi connectivity index (χ2n) is 5.15. The minimum atomic E-state index is -0.341. The molecule has 1 aromatic heterocycles. The number of aryl methyl sites for hydroxylation is 1. The van der Waals surface area contributed by atoms with Gasteiger partial charge in [-0.2, -0.15) is 4.68 Å². The van der Waals surface area contributed by atoms with Crippen molar-refractivity contribution in [1.29, 1.82) is 0 Å². The van der Waals surface area contributed by atoms with E-state index in [4.69, 9.17) is 11.6 Å². The summed E-state index contributed by atoms with van der Waals surface area (Å²) in [6, 6.07) is 11.2. The second-order valence-corrected chi connectivity index (χ2v) is 6.52. The van der Waals surface area contributed by atoms with Gasteiger partial charge in [0.15, 0.2) is 0 Å². The summed E-state index contributed by atoms with van der Waals surface area (Å²) in [6.07, 6.45) is 0. The summed E-state index contributed by atoms with van der Waals surface area (Å²) < 4.78 is 14.6. The quantitative estimate of drug-likeness (QED) is 0.689. The highest BCUT2D eigenvalue weighted by Crippen LogP contribution is 2.21. The van der Waals surface area contributed by atoms with Crippen molar-refractivity contribution < 1.29 is 9.18 Å². The number of amides is 1. The van der Waals surface area contributed by atoms with Crippen LogP contribution in [0.1, 0.15) is 5.56 Å². The summed E-state index contributed by atoms with van der Waals surface area (Å²) in [5, 5.41) is 15.3. The Hall–Kier alpha value is -2.45. The molecule has 0 radical (unpaired) electrons. The number of thioether (sulfide) groups is 1. The fraction of sp³-hybridized carbons (Fsp3) is 0.125. The van der Waals surface area contributed by atoms with Crippen LogP contribution in [0, 0.1) is 12.7 Å². The minimum Gasteiger partial charge on any atom is -0.325 e. The number of rotatable bonds is 5. The van der Waals surface area contributed by atoms with Crippen LogP contribution in [0.2, 0.25) is 5.02 Å². The van der Waals surface area contributed by atoms with Gasteiger partial charge in [-0.25, -0.2) is 4.39 Å². The van der Waals surface area contributed by atoms with E-state index in [1.54, 1.807) is 31.2 Å². The van der Waals surface area contributed by atoms with E-state index in [1.165, 1.54) is 34.6 Å². The Morgan fingerprint density at radius 1 is 1.28 bits per heavy atom. The van der Waals surface area contributed by atoms with E-state index in [9.17, 15) is 9.18 Å². The Morgan fingerprint density at radius 2 is 2.04 bits per heavy atom. The van der Waals surface area contributed by atoms with Gasteiger partial charge in [-0.1, -0.05) is 23.4 Å². The molecule has 0 saturated carbocycles.